The lowest BCUT2D eigenvalue weighted by Gasteiger charge is -2.15. The molecule has 0 unspecified atom stereocenters. The second kappa shape index (κ2) is 4.65. The molecule has 2 aromatic rings. The number of hydrogen-bond acceptors (Lipinski definition) is 5. The number of pyridine rings is 1. The zero-order valence-electron chi connectivity index (χ0n) is 10.7. The Morgan fingerprint density at radius 2 is 1.75 bits per heavy atom. The van der Waals surface area contributed by atoms with Crippen LogP contribution < -0.4 is 10.2 Å². The molecule has 0 bridgehead atoms. The van der Waals surface area contributed by atoms with E-state index >= 15 is 0 Å². The van der Waals surface area contributed by atoms with Crippen molar-refractivity contribution >= 4 is 17.5 Å². The van der Waals surface area contributed by atoms with Crippen LogP contribution in [0.2, 0.25) is 0 Å². The first-order chi connectivity index (χ1) is 9.70. The number of hydrazine groups is 1. The molecular formula is C14H11N3O3. The van der Waals surface area contributed by atoms with Gasteiger partial charge in [-0.05, 0) is 30.3 Å². The van der Waals surface area contributed by atoms with Crippen LogP contribution >= 0.6 is 0 Å². The largest absolute Gasteiger partial charge is 0.497 e. The van der Waals surface area contributed by atoms with Gasteiger partial charge in [0, 0.05) is 12.4 Å². The standard InChI is InChI=1S/C14H11N3O3/c1-20-10-2-3-11-12(8-10)14(19)17(13(11)18)16-9-4-6-15-7-5-9/h2-8H,1H3,(H,15,16). The lowest BCUT2D eigenvalue weighted by atomic mass is 10.1. The summed E-state index contributed by atoms with van der Waals surface area (Å²) in [6, 6.07) is 8.14. The predicted molar refractivity (Wildman–Crippen MR) is 71.4 cm³/mol. The molecule has 1 aliphatic rings. The van der Waals surface area contributed by atoms with E-state index in [1.807, 2.05) is 0 Å². The van der Waals surface area contributed by atoms with Crippen molar-refractivity contribution in [1.82, 2.24) is 9.99 Å². The maximum atomic E-state index is 12.3. The minimum absolute atomic E-state index is 0.330. The molecule has 1 N–H and O–H groups in total. The quantitative estimate of drug-likeness (QED) is 0.859. The smallest absolute Gasteiger partial charge is 0.280 e. The summed E-state index contributed by atoms with van der Waals surface area (Å²) in [5, 5.41) is 0.986. The predicted octanol–water partition coefficient (Wildman–Crippen LogP) is 1.71. The van der Waals surface area contributed by atoms with Crippen LogP contribution in [0.4, 0.5) is 5.69 Å². The van der Waals surface area contributed by atoms with Gasteiger partial charge in [-0.25, -0.2) is 0 Å². The van der Waals surface area contributed by atoms with Crippen LogP contribution in [-0.2, 0) is 0 Å². The van der Waals surface area contributed by atoms with E-state index in [1.54, 1.807) is 42.7 Å². The average Bonchev–Trinajstić information content (AvgIpc) is 2.73. The van der Waals surface area contributed by atoms with Crippen LogP contribution in [0.5, 0.6) is 5.75 Å². The molecule has 0 fully saturated rings. The summed E-state index contributed by atoms with van der Waals surface area (Å²) in [4.78, 5) is 28.3. The number of imide groups is 1. The van der Waals surface area contributed by atoms with Gasteiger partial charge in [0.2, 0.25) is 0 Å². The third kappa shape index (κ3) is 1.87. The molecule has 3 rings (SSSR count). The molecular weight excluding hydrogens is 258 g/mol. The first-order valence-corrected chi connectivity index (χ1v) is 5.94. The molecule has 1 aliphatic heterocycles. The average molecular weight is 269 g/mol. The Labute approximate surface area is 115 Å². The molecule has 1 aromatic heterocycles. The minimum atomic E-state index is -0.402. The van der Waals surface area contributed by atoms with Crippen LogP contribution in [-0.4, -0.2) is 28.9 Å². The van der Waals surface area contributed by atoms with Gasteiger partial charge in [-0.1, -0.05) is 0 Å². The second-order valence-corrected chi connectivity index (χ2v) is 4.20. The van der Waals surface area contributed by atoms with Gasteiger partial charge in [0.25, 0.3) is 11.8 Å². The number of ether oxygens (including phenoxy) is 1. The summed E-state index contributed by atoms with van der Waals surface area (Å²) in [6.45, 7) is 0. The molecule has 0 saturated carbocycles. The maximum Gasteiger partial charge on any atom is 0.280 e. The Morgan fingerprint density at radius 1 is 1.05 bits per heavy atom. The van der Waals surface area contributed by atoms with Gasteiger partial charge >= 0.3 is 0 Å². The van der Waals surface area contributed by atoms with Crippen molar-refractivity contribution in [2.24, 2.45) is 0 Å². The van der Waals surface area contributed by atoms with Gasteiger partial charge in [-0.15, -0.1) is 0 Å². The molecule has 2 heterocycles. The molecule has 0 spiro atoms. The van der Waals surface area contributed by atoms with Crippen LogP contribution in [0, 0.1) is 0 Å². The number of carbonyl (C=O) groups is 2. The van der Waals surface area contributed by atoms with Crippen molar-refractivity contribution < 1.29 is 14.3 Å². The second-order valence-electron chi connectivity index (χ2n) is 4.20. The van der Waals surface area contributed by atoms with Crippen LogP contribution in [0.1, 0.15) is 20.7 Å². The Bertz CT molecular complexity index is 685. The Morgan fingerprint density at radius 3 is 2.45 bits per heavy atom. The van der Waals surface area contributed by atoms with E-state index < -0.39 is 5.91 Å². The van der Waals surface area contributed by atoms with E-state index in [0.29, 0.717) is 22.6 Å². The molecule has 100 valence electrons. The molecule has 0 aliphatic carbocycles. The summed E-state index contributed by atoms with van der Waals surface area (Å²) in [5.41, 5.74) is 4.08. The van der Waals surface area contributed by atoms with Crippen LogP contribution in [0.15, 0.2) is 42.7 Å². The van der Waals surface area contributed by atoms with Crippen molar-refractivity contribution in [3.63, 3.8) is 0 Å². The van der Waals surface area contributed by atoms with E-state index in [9.17, 15) is 9.59 Å². The Hall–Kier alpha value is -2.89. The topological polar surface area (TPSA) is 71.5 Å². The van der Waals surface area contributed by atoms with Crippen molar-refractivity contribution in [3.8, 4) is 5.75 Å². The minimum Gasteiger partial charge on any atom is -0.497 e. The third-order valence-corrected chi connectivity index (χ3v) is 3.01. The van der Waals surface area contributed by atoms with E-state index in [1.165, 1.54) is 7.11 Å². The number of nitrogens with one attached hydrogen (secondary N) is 1. The summed E-state index contributed by atoms with van der Waals surface area (Å²) in [7, 11) is 1.51. The molecule has 1 aromatic carbocycles. The number of amides is 2. The first-order valence-electron chi connectivity index (χ1n) is 5.94. The fraction of sp³-hybridized carbons (Fsp3) is 0.0714. The number of benzene rings is 1. The van der Waals surface area contributed by atoms with E-state index in [2.05, 4.69) is 10.4 Å². The highest BCUT2D eigenvalue weighted by Crippen LogP contribution is 2.27. The van der Waals surface area contributed by atoms with Gasteiger partial charge in [0.1, 0.15) is 5.75 Å². The molecule has 2 amide bonds. The van der Waals surface area contributed by atoms with Crippen molar-refractivity contribution in [3.05, 3.63) is 53.9 Å². The molecule has 20 heavy (non-hydrogen) atoms. The Balaban J connectivity index is 1.93. The molecule has 6 heteroatoms. The highest BCUT2D eigenvalue weighted by atomic mass is 16.5. The summed E-state index contributed by atoms with van der Waals surface area (Å²) < 4.78 is 5.07. The maximum absolute atomic E-state index is 12.3. The molecule has 0 atom stereocenters. The summed E-state index contributed by atoms with van der Waals surface area (Å²) >= 11 is 0. The van der Waals surface area contributed by atoms with Gasteiger partial charge in [0.15, 0.2) is 0 Å². The zero-order valence-corrected chi connectivity index (χ0v) is 10.7. The van der Waals surface area contributed by atoms with Gasteiger partial charge in [0.05, 0.1) is 23.9 Å². The fourth-order valence-corrected chi connectivity index (χ4v) is 2.00. The number of rotatable bonds is 3. The van der Waals surface area contributed by atoms with E-state index in [4.69, 9.17) is 4.74 Å². The van der Waals surface area contributed by atoms with E-state index in [-0.39, 0.29) is 5.91 Å². The lowest BCUT2D eigenvalue weighted by molar-refractivity contribution is 0.0691. The van der Waals surface area contributed by atoms with Crippen molar-refractivity contribution in [2.75, 3.05) is 12.5 Å². The van der Waals surface area contributed by atoms with Crippen LogP contribution in [0.25, 0.3) is 0 Å². The molecule has 0 radical (unpaired) electrons. The number of hydrogen-bond donors (Lipinski definition) is 1. The fourth-order valence-electron chi connectivity index (χ4n) is 2.00. The van der Waals surface area contributed by atoms with Gasteiger partial charge in [-0.3, -0.25) is 20.0 Å². The number of fused-ring (bicyclic) bond motifs is 1. The zero-order chi connectivity index (χ0) is 14.1. The summed E-state index contributed by atoms with van der Waals surface area (Å²) in [5.74, 6) is -0.249. The number of nitrogens with zero attached hydrogens (tertiary/aromatic N) is 2. The summed E-state index contributed by atoms with van der Waals surface area (Å²) in [6.07, 6.45) is 3.15. The number of methoxy groups -OCH3 is 1. The number of carbonyl (C=O) groups excluding carboxylic acids is 2. The van der Waals surface area contributed by atoms with Gasteiger partial charge in [-0.2, -0.15) is 5.01 Å². The monoisotopic (exact) mass is 269 g/mol. The number of anilines is 1. The normalized spacial score (nSPS) is 13.3. The first kappa shape index (κ1) is 12.2. The van der Waals surface area contributed by atoms with E-state index in [0.717, 1.165) is 5.01 Å². The lowest BCUT2D eigenvalue weighted by Crippen LogP contribution is -2.35. The Kier molecular flexibility index (Phi) is 2.83. The SMILES string of the molecule is COc1ccc2c(c1)C(=O)N(Nc1ccncc1)C2=O. The van der Waals surface area contributed by atoms with Crippen molar-refractivity contribution in [1.29, 1.82) is 0 Å². The van der Waals surface area contributed by atoms with Crippen LogP contribution in [0.3, 0.4) is 0 Å². The number of aromatic nitrogens is 1. The molecule has 6 nitrogen and oxygen atoms in total. The molecule has 0 saturated heterocycles. The third-order valence-electron chi connectivity index (χ3n) is 3.01. The van der Waals surface area contributed by atoms with Crippen molar-refractivity contribution in [2.45, 2.75) is 0 Å². The van der Waals surface area contributed by atoms with Gasteiger partial charge < -0.3 is 4.74 Å². The highest BCUT2D eigenvalue weighted by molar-refractivity contribution is 6.22. The highest BCUT2D eigenvalue weighted by Gasteiger charge is 2.36.